The number of nitrogens with zero attached hydrogens (tertiary/aromatic N) is 2. The number of benzene rings is 2. The van der Waals surface area contributed by atoms with Crippen LogP contribution >= 0.6 is 11.6 Å². The van der Waals surface area contributed by atoms with E-state index in [0.717, 1.165) is 29.1 Å². The fraction of sp³-hybridized carbons (Fsp3) is 0.273. The zero-order valence-electron chi connectivity index (χ0n) is 15.7. The predicted octanol–water partition coefficient (Wildman–Crippen LogP) is 5.08. The molecule has 0 bridgehead atoms. The van der Waals surface area contributed by atoms with Crippen molar-refractivity contribution in [3.8, 4) is 0 Å². The molecule has 3 aromatic rings. The van der Waals surface area contributed by atoms with Crippen LogP contribution in [0.5, 0.6) is 0 Å². The molecule has 1 amide bonds. The molecule has 0 aliphatic heterocycles. The Kier molecular flexibility index (Phi) is 4.94. The SMILES string of the molecule is Cc1nn(Cc2ccc(F)cc2Cl)c(C)c1NC(=O)C1CC1c1ccccc1. The highest BCUT2D eigenvalue weighted by atomic mass is 35.5. The summed E-state index contributed by atoms with van der Waals surface area (Å²) in [5.41, 5.74) is 4.32. The van der Waals surface area contributed by atoms with Crippen molar-refractivity contribution >= 4 is 23.2 Å². The highest BCUT2D eigenvalue weighted by Crippen LogP contribution is 2.48. The molecule has 4 nitrogen and oxygen atoms in total. The molecule has 4 rings (SSSR count). The van der Waals surface area contributed by atoms with Gasteiger partial charge in [-0.3, -0.25) is 9.48 Å². The lowest BCUT2D eigenvalue weighted by Gasteiger charge is -2.09. The fourth-order valence-corrected chi connectivity index (χ4v) is 3.84. The Balaban J connectivity index is 1.48. The van der Waals surface area contributed by atoms with Gasteiger partial charge in [-0.05, 0) is 49.4 Å². The van der Waals surface area contributed by atoms with Gasteiger partial charge in [0.25, 0.3) is 0 Å². The number of nitrogens with one attached hydrogen (secondary N) is 1. The van der Waals surface area contributed by atoms with Gasteiger partial charge < -0.3 is 5.32 Å². The quantitative estimate of drug-likeness (QED) is 0.652. The number of rotatable bonds is 5. The molecule has 1 heterocycles. The highest BCUT2D eigenvalue weighted by Gasteiger charge is 2.44. The Labute approximate surface area is 168 Å². The second kappa shape index (κ2) is 7.40. The van der Waals surface area contributed by atoms with Crippen molar-refractivity contribution < 1.29 is 9.18 Å². The maximum Gasteiger partial charge on any atom is 0.228 e. The summed E-state index contributed by atoms with van der Waals surface area (Å²) in [6, 6.07) is 14.5. The van der Waals surface area contributed by atoms with E-state index >= 15 is 0 Å². The number of hydrogen-bond donors (Lipinski definition) is 1. The molecule has 0 spiro atoms. The van der Waals surface area contributed by atoms with Crippen molar-refractivity contribution in [2.24, 2.45) is 5.92 Å². The average Bonchev–Trinajstić information content (AvgIpc) is 3.44. The summed E-state index contributed by atoms with van der Waals surface area (Å²) in [7, 11) is 0. The monoisotopic (exact) mass is 397 g/mol. The van der Waals surface area contributed by atoms with E-state index in [1.54, 1.807) is 10.7 Å². The van der Waals surface area contributed by atoms with Crippen LogP contribution in [0.25, 0.3) is 0 Å². The first-order valence-electron chi connectivity index (χ1n) is 9.27. The Bertz CT molecular complexity index is 1030. The van der Waals surface area contributed by atoms with Crippen LogP contribution in [-0.4, -0.2) is 15.7 Å². The highest BCUT2D eigenvalue weighted by molar-refractivity contribution is 6.31. The first-order valence-corrected chi connectivity index (χ1v) is 9.65. The summed E-state index contributed by atoms with van der Waals surface area (Å²) < 4.78 is 15.0. The third-order valence-corrected chi connectivity index (χ3v) is 5.67. The standard InChI is InChI=1S/C22H21ClFN3O/c1-13-21(25-22(28)19-11-18(19)15-6-4-3-5-7-15)14(2)27(26-13)12-16-8-9-17(24)10-20(16)23/h3-10,18-19H,11-12H2,1-2H3,(H,25,28). The number of amides is 1. The zero-order valence-corrected chi connectivity index (χ0v) is 16.5. The van der Waals surface area contributed by atoms with Gasteiger partial charge in [-0.2, -0.15) is 5.10 Å². The minimum atomic E-state index is -0.368. The summed E-state index contributed by atoms with van der Waals surface area (Å²) in [5, 5.41) is 7.95. The number of halogens is 2. The molecule has 28 heavy (non-hydrogen) atoms. The van der Waals surface area contributed by atoms with Gasteiger partial charge in [0.05, 0.1) is 23.6 Å². The lowest BCUT2D eigenvalue weighted by molar-refractivity contribution is -0.117. The van der Waals surface area contributed by atoms with E-state index in [1.807, 2.05) is 32.0 Å². The van der Waals surface area contributed by atoms with Gasteiger partial charge in [-0.25, -0.2) is 4.39 Å². The lowest BCUT2D eigenvalue weighted by atomic mass is 10.1. The Morgan fingerprint density at radius 2 is 2.00 bits per heavy atom. The molecule has 0 saturated heterocycles. The van der Waals surface area contributed by atoms with E-state index in [1.165, 1.54) is 17.7 Å². The number of hydrogen-bond acceptors (Lipinski definition) is 2. The zero-order chi connectivity index (χ0) is 19.8. The molecule has 144 valence electrons. The van der Waals surface area contributed by atoms with Crippen LogP contribution in [0.4, 0.5) is 10.1 Å². The van der Waals surface area contributed by atoms with Gasteiger partial charge in [-0.15, -0.1) is 0 Å². The summed E-state index contributed by atoms with van der Waals surface area (Å²) in [6.07, 6.45) is 0.868. The average molecular weight is 398 g/mol. The van der Waals surface area contributed by atoms with Crippen LogP contribution in [0.2, 0.25) is 5.02 Å². The smallest absolute Gasteiger partial charge is 0.228 e. The maximum absolute atomic E-state index is 13.3. The second-order valence-electron chi connectivity index (χ2n) is 7.29. The van der Waals surface area contributed by atoms with Crippen LogP contribution in [0.3, 0.4) is 0 Å². The molecule has 1 saturated carbocycles. The molecule has 1 fully saturated rings. The molecular formula is C22H21ClFN3O. The topological polar surface area (TPSA) is 46.9 Å². The molecule has 1 N–H and O–H groups in total. The molecule has 2 aromatic carbocycles. The van der Waals surface area contributed by atoms with E-state index < -0.39 is 0 Å². The first kappa shape index (κ1) is 18.7. The van der Waals surface area contributed by atoms with Gasteiger partial charge >= 0.3 is 0 Å². The van der Waals surface area contributed by atoms with Crippen LogP contribution in [0.1, 0.15) is 34.9 Å². The number of carbonyl (C=O) groups is 1. The summed E-state index contributed by atoms with van der Waals surface area (Å²) in [5.74, 6) is -0.0575. The first-order chi connectivity index (χ1) is 13.4. The van der Waals surface area contributed by atoms with E-state index in [9.17, 15) is 9.18 Å². The number of aromatic nitrogens is 2. The third kappa shape index (κ3) is 3.67. The van der Waals surface area contributed by atoms with Crippen molar-refractivity contribution in [2.45, 2.75) is 32.7 Å². The molecule has 1 aromatic heterocycles. The Morgan fingerprint density at radius 1 is 1.25 bits per heavy atom. The van der Waals surface area contributed by atoms with Crippen molar-refractivity contribution in [2.75, 3.05) is 5.32 Å². The largest absolute Gasteiger partial charge is 0.323 e. The Morgan fingerprint density at radius 3 is 2.71 bits per heavy atom. The molecule has 1 aliphatic carbocycles. The molecule has 2 unspecified atom stereocenters. The van der Waals surface area contributed by atoms with Crippen molar-refractivity contribution in [3.63, 3.8) is 0 Å². The lowest BCUT2D eigenvalue weighted by Crippen LogP contribution is -2.16. The summed E-state index contributed by atoms with van der Waals surface area (Å²) in [6.45, 7) is 4.19. The molecular weight excluding hydrogens is 377 g/mol. The minimum Gasteiger partial charge on any atom is -0.323 e. The van der Waals surface area contributed by atoms with Gasteiger partial charge in [0, 0.05) is 10.9 Å². The van der Waals surface area contributed by atoms with Crippen LogP contribution in [-0.2, 0) is 11.3 Å². The van der Waals surface area contributed by atoms with E-state index in [-0.39, 0.29) is 23.6 Å². The second-order valence-corrected chi connectivity index (χ2v) is 7.70. The van der Waals surface area contributed by atoms with E-state index in [0.29, 0.717) is 11.6 Å². The van der Waals surface area contributed by atoms with Crippen LogP contribution < -0.4 is 5.32 Å². The Hall–Kier alpha value is -2.66. The molecule has 6 heteroatoms. The predicted molar refractivity (Wildman–Crippen MR) is 108 cm³/mol. The van der Waals surface area contributed by atoms with Gasteiger partial charge in [-0.1, -0.05) is 48.0 Å². The van der Waals surface area contributed by atoms with Gasteiger partial charge in [0.2, 0.25) is 5.91 Å². The fourth-order valence-electron chi connectivity index (χ4n) is 3.61. The van der Waals surface area contributed by atoms with E-state index in [4.69, 9.17) is 11.6 Å². The van der Waals surface area contributed by atoms with Crippen molar-refractivity contribution in [3.05, 3.63) is 81.9 Å². The van der Waals surface area contributed by atoms with Gasteiger partial charge in [0.1, 0.15) is 5.82 Å². The number of anilines is 1. The molecule has 1 aliphatic rings. The molecule has 2 atom stereocenters. The van der Waals surface area contributed by atoms with Crippen molar-refractivity contribution in [1.82, 2.24) is 9.78 Å². The minimum absolute atomic E-state index is 0.00362. The molecule has 0 radical (unpaired) electrons. The van der Waals surface area contributed by atoms with Crippen molar-refractivity contribution in [1.29, 1.82) is 0 Å². The number of aryl methyl sites for hydroxylation is 1. The third-order valence-electron chi connectivity index (χ3n) is 5.32. The maximum atomic E-state index is 13.3. The van der Waals surface area contributed by atoms with Gasteiger partial charge in [0.15, 0.2) is 0 Å². The summed E-state index contributed by atoms with van der Waals surface area (Å²) >= 11 is 6.14. The van der Waals surface area contributed by atoms with Crippen LogP contribution in [0.15, 0.2) is 48.5 Å². The normalized spacial score (nSPS) is 18.1. The van der Waals surface area contributed by atoms with Crippen LogP contribution in [0, 0.1) is 25.6 Å². The summed E-state index contributed by atoms with van der Waals surface area (Å²) in [4.78, 5) is 12.7. The van der Waals surface area contributed by atoms with E-state index in [2.05, 4.69) is 22.5 Å². The number of carbonyl (C=O) groups excluding carboxylic acids is 1.